The van der Waals surface area contributed by atoms with Crippen LogP contribution >= 0.6 is 0 Å². The topological polar surface area (TPSA) is 84.3 Å². The van der Waals surface area contributed by atoms with Crippen molar-refractivity contribution in [2.45, 2.75) is 24.3 Å². The number of carboxylic acids is 1. The van der Waals surface area contributed by atoms with E-state index in [-0.39, 0.29) is 5.56 Å². The minimum atomic E-state index is -3.61. The van der Waals surface area contributed by atoms with Gasteiger partial charge in [0.15, 0.2) is 9.84 Å². The zero-order valence-corrected chi connectivity index (χ0v) is 9.95. The normalized spacial score (nSPS) is 13.3. The van der Waals surface area contributed by atoms with Crippen molar-refractivity contribution in [2.75, 3.05) is 0 Å². The summed E-state index contributed by atoms with van der Waals surface area (Å²) in [6, 6.07) is 1.07. The first-order valence-electron chi connectivity index (χ1n) is 4.84. The lowest BCUT2D eigenvalue weighted by Crippen LogP contribution is -2.22. The van der Waals surface area contributed by atoms with Gasteiger partial charge in [0, 0.05) is 6.20 Å². The monoisotopic (exact) mass is 261 g/mol. The molecule has 0 bridgehead atoms. The Labute approximate surface area is 98.2 Å². The number of sulfone groups is 1. The molecule has 1 heterocycles. The molecule has 0 aliphatic carbocycles. The molecule has 1 N–H and O–H groups in total. The number of aromatic nitrogens is 1. The second kappa shape index (κ2) is 5.22. The van der Waals surface area contributed by atoms with Crippen LogP contribution in [0.2, 0.25) is 0 Å². The Bertz CT molecular complexity index is 515. The van der Waals surface area contributed by atoms with Crippen LogP contribution in [0.4, 0.5) is 4.39 Å². The summed E-state index contributed by atoms with van der Waals surface area (Å²) in [5, 5.41) is 7.51. The van der Waals surface area contributed by atoms with Gasteiger partial charge in [0.2, 0.25) is 0 Å². The highest BCUT2D eigenvalue weighted by Gasteiger charge is 2.23. The summed E-state index contributed by atoms with van der Waals surface area (Å²) in [6.45, 7) is 1.32. The number of pyridine rings is 1. The van der Waals surface area contributed by atoms with Gasteiger partial charge < -0.3 is 5.11 Å². The van der Waals surface area contributed by atoms with E-state index in [4.69, 9.17) is 5.11 Å². The number of hydrogen-bond donors (Lipinski definition) is 1. The molecular formula is C10H12FNO4S. The molecule has 1 aromatic heterocycles. The molecule has 0 amide bonds. The smallest absolute Gasteiger partial charge is 0.304 e. The van der Waals surface area contributed by atoms with E-state index in [1.165, 1.54) is 13.1 Å². The van der Waals surface area contributed by atoms with E-state index in [9.17, 15) is 17.6 Å². The average Bonchev–Trinajstić information content (AvgIpc) is 2.15. The molecule has 1 unspecified atom stereocenters. The number of carbonyl (C=O) groups is 1. The number of rotatable bonds is 5. The second-order valence-corrected chi connectivity index (χ2v) is 6.15. The zero-order chi connectivity index (χ0) is 13.1. The molecule has 0 aromatic carbocycles. The summed E-state index contributed by atoms with van der Waals surface area (Å²) in [7, 11) is -3.61. The molecule has 5 nitrogen and oxygen atoms in total. The minimum absolute atomic E-state index is 0.210. The summed E-state index contributed by atoms with van der Waals surface area (Å²) in [5.41, 5.74) is 0.210. The van der Waals surface area contributed by atoms with Crippen LogP contribution in [0.5, 0.6) is 0 Å². The third kappa shape index (κ3) is 4.10. The van der Waals surface area contributed by atoms with Crippen LogP contribution in [0.1, 0.15) is 18.9 Å². The lowest BCUT2D eigenvalue weighted by Gasteiger charge is -2.10. The van der Waals surface area contributed by atoms with Crippen LogP contribution in [0.25, 0.3) is 0 Å². The van der Waals surface area contributed by atoms with Crippen LogP contribution in [-0.2, 0) is 20.4 Å². The van der Waals surface area contributed by atoms with Crippen LogP contribution in [0, 0.1) is 5.82 Å². The predicted molar refractivity (Wildman–Crippen MR) is 58.5 cm³/mol. The molecule has 94 valence electrons. The van der Waals surface area contributed by atoms with E-state index < -0.39 is 39.0 Å². The first-order chi connectivity index (χ1) is 7.81. The minimum Gasteiger partial charge on any atom is -0.481 e. The number of aliphatic carboxylic acids is 1. The van der Waals surface area contributed by atoms with Gasteiger partial charge in [0.25, 0.3) is 0 Å². The highest BCUT2D eigenvalue weighted by molar-refractivity contribution is 7.91. The van der Waals surface area contributed by atoms with Gasteiger partial charge >= 0.3 is 5.97 Å². The third-order valence-corrected chi connectivity index (χ3v) is 4.33. The van der Waals surface area contributed by atoms with Gasteiger partial charge in [-0.2, -0.15) is 0 Å². The SMILES string of the molecule is CC(CC(=O)O)S(=O)(=O)Cc1cncc(F)c1. The number of nitrogens with zero attached hydrogens (tertiary/aromatic N) is 1. The fourth-order valence-corrected chi connectivity index (χ4v) is 2.59. The van der Waals surface area contributed by atoms with Crippen molar-refractivity contribution < 1.29 is 22.7 Å². The molecule has 0 radical (unpaired) electrons. The lowest BCUT2D eigenvalue weighted by molar-refractivity contribution is -0.136. The molecule has 0 saturated heterocycles. The van der Waals surface area contributed by atoms with Crippen molar-refractivity contribution in [3.8, 4) is 0 Å². The highest BCUT2D eigenvalue weighted by atomic mass is 32.2. The molecule has 1 aromatic rings. The van der Waals surface area contributed by atoms with E-state index in [0.29, 0.717) is 0 Å². The summed E-state index contributed by atoms with van der Waals surface area (Å²) < 4.78 is 36.3. The summed E-state index contributed by atoms with van der Waals surface area (Å²) in [4.78, 5) is 14.0. The van der Waals surface area contributed by atoms with Crippen molar-refractivity contribution in [1.82, 2.24) is 4.98 Å². The van der Waals surface area contributed by atoms with Gasteiger partial charge in [-0.25, -0.2) is 12.8 Å². The lowest BCUT2D eigenvalue weighted by atomic mass is 10.3. The Hall–Kier alpha value is -1.50. The first kappa shape index (κ1) is 13.6. The molecule has 0 fully saturated rings. The maximum absolute atomic E-state index is 12.8. The van der Waals surface area contributed by atoms with Crippen molar-refractivity contribution >= 4 is 15.8 Å². The predicted octanol–water partition coefficient (Wildman–Crippen LogP) is 0.999. The second-order valence-electron chi connectivity index (χ2n) is 3.73. The molecule has 7 heteroatoms. The van der Waals surface area contributed by atoms with Crippen molar-refractivity contribution in [1.29, 1.82) is 0 Å². The zero-order valence-electron chi connectivity index (χ0n) is 9.13. The summed E-state index contributed by atoms with van der Waals surface area (Å²) in [6.07, 6.45) is 1.75. The molecule has 0 saturated carbocycles. The van der Waals surface area contributed by atoms with Gasteiger partial charge in [-0.1, -0.05) is 0 Å². The Morgan fingerprint density at radius 1 is 1.53 bits per heavy atom. The molecule has 17 heavy (non-hydrogen) atoms. The standard InChI is InChI=1S/C10H12FNO4S/c1-7(2-10(13)14)17(15,16)6-8-3-9(11)5-12-4-8/h3-5,7H,2,6H2,1H3,(H,13,14). The van der Waals surface area contributed by atoms with Crippen LogP contribution in [-0.4, -0.2) is 29.7 Å². The van der Waals surface area contributed by atoms with Crippen LogP contribution < -0.4 is 0 Å². The average molecular weight is 261 g/mol. The van der Waals surface area contributed by atoms with Gasteiger partial charge in [0.1, 0.15) is 5.82 Å². The Morgan fingerprint density at radius 3 is 2.71 bits per heavy atom. The Balaban J connectivity index is 2.83. The molecule has 1 atom stereocenters. The maximum atomic E-state index is 12.8. The fourth-order valence-electron chi connectivity index (χ4n) is 1.28. The van der Waals surface area contributed by atoms with E-state index in [0.717, 1.165) is 12.3 Å². The van der Waals surface area contributed by atoms with Crippen LogP contribution in [0.15, 0.2) is 18.5 Å². The molecule has 0 aliphatic rings. The van der Waals surface area contributed by atoms with Gasteiger partial charge in [0.05, 0.1) is 23.6 Å². The highest BCUT2D eigenvalue weighted by Crippen LogP contribution is 2.13. The van der Waals surface area contributed by atoms with Crippen molar-refractivity contribution in [2.24, 2.45) is 0 Å². The Morgan fingerprint density at radius 2 is 2.18 bits per heavy atom. The van der Waals surface area contributed by atoms with E-state index in [2.05, 4.69) is 4.98 Å². The number of carboxylic acid groups (broad SMARTS) is 1. The van der Waals surface area contributed by atoms with E-state index in [1.807, 2.05) is 0 Å². The molecular weight excluding hydrogens is 249 g/mol. The molecule has 0 spiro atoms. The van der Waals surface area contributed by atoms with Gasteiger partial charge in [-0.3, -0.25) is 9.78 Å². The van der Waals surface area contributed by atoms with E-state index in [1.54, 1.807) is 0 Å². The molecule has 1 rings (SSSR count). The van der Waals surface area contributed by atoms with E-state index >= 15 is 0 Å². The number of halogens is 1. The summed E-state index contributed by atoms with van der Waals surface area (Å²) >= 11 is 0. The number of hydrogen-bond acceptors (Lipinski definition) is 4. The maximum Gasteiger partial charge on any atom is 0.304 e. The summed E-state index contributed by atoms with van der Waals surface area (Å²) in [5.74, 6) is -2.21. The van der Waals surface area contributed by atoms with Gasteiger partial charge in [-0.05, 0) is 18.6 Å². The quantitative estimate of drug-likeness (QED) is 0.854. The Kier molecular flexibility index (Phi) is 4.17. The van der Waals surface area contributed by atoms with Gasteiger partial charge in [-0.15, -0.1) is 0 Å². The molecule has 0 aliphatic heterocycles. The first-order valence-corrected chi connectivity index (χ1v) is 6.55. The largest absolute Gasteiger partial charge is 0.481 e. The third-order valence-electron chi connectivity index (χ3n) is 2.20. The van der Waals surface area contributed by atoms with Crippen molar-refractivity contribution in [3.63, 3.8) is 0 Å². The fraction of sp³-hybridized carbons (Fsp3) is 0.400. The van der Waals surface area contributed by atoms with Crippen LogP contribution in [0.3, 0.4) is 0 Å². The van der Waals surface area contributed by atoms with Crippen molar-refractivity contribution in [3.05, 3.63) is 29.8 Å².